The zero-order valence-corrected chi connectivity index (χ0v) is 17.2. The average Bonchev–Trinajstić information content (AvgIpc) is 3.02. The van der Waals surface area contributed by atoms with Gasteiger partial charge in [0.25, 0.3) is 0 Å². The second-order valence-corrected chi connectivity index (χ2v) is 7.21. The third kappa shape index (κ3) is 5.35. The van der Waals surface area contributed by atoms with Crippen molar-refractivity contribution in [2.24, 2.45) is 4.99 Å². The van der Waals surface area contributed by atoms with E-state index in [-0.39, 0.29) is 11.4 Å². The summed E-state index contributed by atoms with van der Waals surface area (Å²) in [7, 11) is 0. The van der Waals surface area contributed by atoms with E-state index in [2.05, 4.69) is 25.6 Å². The van der Waals surface area contributed by atoms with Crippen LogP contribution < -0.4 is 16.4 Å². The minimum absolute atomic E-state index is 0.277. The number of nitrogens with one attached hydrogen (secondary N) is 2. The Kier molecular flexibility index (Phi) is 6.07. The number of fused-ring (bicyclic) bond motifs is 1. The SMILES string of the molecule is Nc1ncnc2c1N=C(c1ccc(NC(=O)/C=C/c3cccc(C(F)(F)F)c3)cc1)CCN2. The summed E-state index contributed by atoms with van der Waals surface area (Å²) in [4.78, 5) is 24.9. The summed E-state index contributed by atoms with van der Waals surface area (Å²) >= 11 is 0. The summed E-state index contributed by atoms with van der Waals surface area (Å²) in [5.41, 5.74) is 8.10. The van der Waals surface area contributed by atoms with Gasteiger partial charge in [-0.05, 0) is 41.5 Å². The first kappa shape index (κ1) is 22.0. The summed E-state index contributed by atoms with van der Waals surface area (Å²) < 4.78 is 38.4. The van der Waals surface area contributed by atoms with E-state index >= 15 is 0 Å². The highest BCUT2D eigenvalue weighted by molar-refractivity contribution is 6.05. The number of amides is 1. The van der Waals surface area contributed by atoms with Crippen LogP contribution in [-0.4, -0.2) is 28.1 Å². The minimum atomic E-state index is -4.44. The fourth-order valence-electron chi connectivity index (χ4n) is 3.25. The molecule has 168 valence electrons. The summed E-state index contributed by atoms with van der Waals surface area (Å²) in [5.74, 6) is 0.396. The van der Waals surface area contributed by atoms with E-state index in [1.54, 1.807) is 12.1 Å². The molecule has 2 heterocycles. The molecule has 0 atom stereocenters. The van der Waals surface area contributed by atoms with Gasteiger partial charge < -0.3 is 16.4 Å². The van der Waals surface area contributed by atoms with Gasteiger partial charge in [0, 0.05) is 24.7 Å². The minimum Gasteiger partial charge on any atom is -0.382 e. The molecular weight excluding hydrogens is 433 g/mol. The fourth-order valence-corrected chi connectivity index (χ4v) is 3.25. The molecular formula is C23H19F3N6O. The van der Waals surface area contributed by atoms with Crippen molar-refractivity contribution < 1.29 is 18.0 Å². The summed E-state index contributed by atoms with van der Waals surface area (Å²) in [6.45, 7) is 0.626. The summed E-state index contributed by atoms with van der Waals surface area (Å²) in [5, 5.41) is 5.85. The van der Waals surface area contributed by atoms with Gasteiger partial charge in [-0.15, -0.1) is 0 Å². The molecule has 2 aromatic carbocycles. The van der Waals surface area contributed by atoms with Crippen LogP contribution in [0.4, 0.5) is 36.2 Å². The van der Waals surface area contributed by atoms with Gasteiger partial charge in [0.15, 0.2) is 11.6 Å². The van der Waals surface area contributed by atoms with Gasteiger partial charge >= 0.3 is 6.18 Å². The zero-order valence-electron chi connectivity index (χ0n) is 17.2. The molecule has 0 spiro atoms. The Morgan fingerprint density at radius 1 is 1.12 bits per heavy atom. The highest BCUT2D eigenvalue weighted by Gasteiger charge is 2.30. The van der Waals surface area contributed by atoms with Gasteiger partial charge in [0.2, 0.25) is 5.91 Å². The number of hydrogen-bond donors (Lipinski definition) is 3. The summed E-state index contributed by atoms with van der Waals surface area (Å²) in [6, 6.07) is 11.8. The monoisotopic (exact) mass is 452 g/mol. The number of hydrogen-bond acceptors (Lipinski definition) is 6. The number of alkyl halides is 3. The number of halogens is 3. The van der Waals surface area contributed by atoms with Crippen LogP contribution in [0.25, 0.3) is 6.08 Å². The average molecular weight is 452 g/mol. The van der Waals surface area contributed by atoms with Crippen molar-refractivity contribution in [3.63, 3.8) is 0 Å². The van der Waals surface area contributed by atoms with E-state index in [0.29, 0.717) is 30.2 Å². The lowest BCUT2D eigenvalue weighted by atomic mass is 10.1. The Morgan fingerprint density at radius 2 is 1.91 bits per heavy atom. The number of rotatable bonds is 4. The number of nitrogen functional groups attached to an aromatic ring is 1. The first-order valence-corrected chi connectivity index (χ1v) is 9.98. The molecule has 0 aliphatic carbocycles. The summed E-state index contributed by atoms with van der Waals surface area (Å²) in [6.07, 6.45) is 0.0918. The van der Waals surface area contributed by atoms with Gasteiger partial charge in [-0.2, -0.15) is 13.2 Å². The Bertz CT molecular complexity index is 1240. The molecule has 1 aliphatic rings. The van der Waals surface area contributed by atoms with Crippen LogP contribution in [0.1, 0.15) is 23.1 Å². The first-order valence-electron chi connectivity index (χ1n) is 9.98. The van der Waals surface area contributed by atoms with Crippen LogP contribution in [0.5, 0.6) is 0 Å². The van der Waals surface area contributed by atoms with E-state index in [1.807, 2.05) is 12.1 Å². The van der Waals surface area contributed by atoms with Gasteiger partial charge in [0.05, 0.1) is 11.3 Å². The third-order valence-corrected chi connectivity index (χ3v) is 4.88. The second kappa shape index (κ2) is 9.11. The lowest BCUT2D eigenvalue weighted by Crippen LogP contribution is -2.09. The van der Waals surface area contributed by atoms with Gasteiger partial charge in [-0.3, -0.25) is 4.79 Å². The van der Waals surface area contributed by atoms with Crippen LogP contribution in [-0.2, 0) is 11.0 Å². The Morgan fingerprint density at radius 3 is 2.67 bits per heavy atom. The molecule has 0 radical (unpaired) electrons. The van der Waals surface area contributed by atoms with Crippen LogP contribution in [0, 0.1) is 0 Å². The highest BCUT2D eigenvalue weighted by Crippen LogP contribution is 2.31. The van der Waals surface area contributed by atoms with E-state index in [4.69, 9.17) is 5.73 Å². The number of anilines is 3. The smallest absolute Gasteiger partial charge is 0.382 e. The maximum absolute atomic E-state index is 12.8. The first-order chi connectivity index (χ1) is 15.8. The molecule has 10 heteroatoms. The maximum Gasteiger partial charge on any atom is 0.416 e. The van der Waals surface area contributed by atoms with Crippen molar-refractivity contribution in [3.05, 3.63) is 77.6 Å². The van der Waals surface area contributed by atoms with Crippen LogP contribution >= 0.6 is 0 Å². The number of nitrogens with two attached hydrogens (primary N) is 1. The van der Waals surface area contributed by atoms with Crippen molar-refractivity contribution in [2.75, 3.05) is 22.9 Å². The van der Waals surface area contributed by atoms with Gasteiger partial charge in [0.1, 0.15) is 12.0 Å². The van der Waals surface area contributed by atoms with Crippen LogP contribution in [0.2, 0.25) is 0 Å². The third-order valence-electron chi connectivity index (χ3n) is 4.88. The second-order valence-electron chi connectivity index (χ2n) is 7.21. The molecule has 1 aromatic heterocycles. The molecule has 0 fully saturated rings. The van der Waals surface area contributed by atoms with Gasteiger partial charge in [-0.1, -0.05) is 24.3 Å². The number of aliphatic imine (C=N–C) groups is 1. The van der Waals surface area contributed by atoms with E-state index in [9.17, 15) is 18.0 Å². The van der Waals surface area contributed by atoms with E-state index in [0.717, 1.165) is 23.4 Å². The van der Waals surface area contributed by atoms with Crippen molar-refractivity contribution >= 4 is 40.7 Å². The molecule has 4 rings (SSSR count). The number of nitrogens with zero attached hydrogens (tertiary/aromatic N) is 3. The Labute approximate surface area is 187 Å². The molecule has 1 amide bonds. The molecule has 33 heavy (non-hydrogen) atoms. The largest absolute Gasteiger partial charge is 0.416 e. The molecule has 0 saturated carbocycles. The maximum atomic E-state index is 12.8. The topological polar surface area (TPSA) is 105 Å². The van der Waals surface area contributed by atoms with E-state index < -0.39 is 17.6 Å². The molecule has 1 aliphatic heterocycles. The van der Waals surface area contributed by atoms with Gasteiger partial charge in [-0.25, -0.2) is 15.0 Å². The highest BCUT2D eigenvalue weighted by atomic mass is 19.4. The lowest BCUT2D eigenvalue weighted by molar-refractivity contribution is -0.137. The molecule has 0 unspecified atom stereocenters. The van der Waals surface area contributed by atoms with Crippen molar-refractivity contribution in [2.45, 2.75) is 12.6 Å². The van der Waals surface area contributed by atoms with Crippen molar-refractivity contribution in [1.82, 2.24) is 9.97 Å². The fraction of sp³-hybridized carbons (Fsp3) is 0.130. The molecule has 0 saturated heterocycles. The van der Waals surface area contributed by atoms with Crippen molar-refractivity contribution in [3.8, 4) is 0 Å². The number of carbonyl (C=O) groups excluding carboxylic acids is 1. The number of carbonyl (C=O) groups is 1. The zero-order chi connectivity index (χ0) is 23.4. The van der Waals surface area contributed by atoms with Crippen LogP contribution in [0.15, 0.2) is 65.9 Å². The molecule has 3 aromatic rings. The normalized spacial score (nSPS) is 13.6. The van der Waals surface area contributed by atoms with E-state index in [1.165, 1.54) is 30.6 Å². The Balaban J connectivity index is 1.44. The predicted octanol–water partition coefficient (Wildman–Crippen LogP) is 4.67. The predicted molar refractivity (Wildman–Crippen MR) is 121 cm³/mol. The molecule has 7 nitrogen and oxygen atoms in total. The van der Waals surface area contributed by atoms with Crippen LogP contribution in [0.3, 0.4) is 0 Å². The number of benzene rings is 2. The standard InChI is InChI=1S/C23H19F3N6O/c24-23(25,26)16-3-1-2-14(12-16)4-9-19(33)31-17-7-5-15(6-8-17)18-10-11-28-22-20(32-18)21(27)29-13-30-22/h1-9,12-13H,10-11H2,(H,31,33)(H3,27,28,29,30)/b9-4+. The number of aromatic nitrogens is 2. The lowest BCUT2D eigenvalue weighted by Gasteiger charge is -2.07. The van der Waals surface area contributed by atoms with Crippen molar-refractivity contribution in [1.29, 1.82) is 0 Å². The quantitative estimate of drug-likeness (QED) is 0.499. The molecule has 0 bridgehead atoms. The molecule has 4 N–H and O–H groups in total. The Hall–Kier alpha value is -4.21.